The van der Waals surface area contributed by atoms with Crippen molar-refractivity contribution >= 4 is 29.2 Å². The van der Waals surface area contributed by atoms with Crippen LogP contribution in [0, 0.1) is 0 Å². The largest absolute Gasteiger partial charge is 0.465 e. The Labute approximate surface area is 109 Å². The molecule has 0 aliphatic rings. The Morgan fingerprint density at radius 2 is 2.00 bits per heavy atom. The van der Waals surface area contributed by atoms with Crippen LogP contribution in [0.3, 0.4) is 0 Å². The topological polar surface area (TPSA) is 108 Å². The molecule has 0 fully saturated rings. The molecule has 0 atom stereocenters. The smallest absolute Gasteiger partial charge is 0.397 e. The van der Waals surface area contributed by atoms with Crippen LogP contribution < -0.4 is 11.1 Å². The van der Waals surface area contributed by atoms with Gasteiger partial charge in [-0.3, -0.25) is 4.79 Å². The summed E-state index contributed by atoms with van der Waals surface area (Å²) in [7, 11) is 1.23. The van der Waals surface area contributed by atoms with Gasteiger partial charge in [0, 0.05) is 0 Å². The van der Waals surface area contributed by atoms with Gasteiger partial charge in [-0.2, -0.15) is 0 Å². The van der Waals surface area contributed by atoms with Crippen molar-refractivity contribution < 1.29 is 23.9 Å². The highest BCUT2D eigenvalue weighted by atomic mass is 16.5. The fraction of sp³-hybridized carbons (Fsp3) is 0.250. The number of nitrogens with one attached hydrogen (secondary N) is 1. The van der Waals surface area contributed by atoms with Gasteiger partial charge in [0.2, 0.25) is 0 Å². The fourth-order valence-corrected chi connectivity index (χ4v) is 1.28. The summed E-state index contributed by atoms with van der Waals surface area (Å²) in [5, 5.41) is 2.27. The number of hydrogen-bond donors (Lipinski definition) is 2. The van der Waals surface area contributed by atoms with E-state index in [0.29, 0.717) is 0 Å². The minimum atomic E-state index is -1.02. The number of methoxy groups -OCH3 is 1. The molecule has 0 saturated heterocycles. The molecule has 0 saturated carbocycles. The van der Waals surface area contributed by atoms with Crippen LogP contribution in [-0.2, 0) is 19.1 Å². The number of rotatable bonds is 3. The molecular formula is C12H14N2O5. The van der Waals surface area contributed by atoms with Crippen molar-refractivity contribution in [2.24, 2.45) is 0 Å². The van der Waals surface area contributed by atoms with Crippen LogP contribution in [0.5, 0.6) is 0 Å². The van der Waals surface area contributed by atoms with E-state index < -0.39 is 17.8 Å². The number of hydrogen-bond acceptors (Lipinski definition) is 6. The van der Waals surface area contributed by atoms with Crippen molar-refractivity contribution in [3.8, 4) is 0 Å². The van der Waals surface area contributed by atoms with Gasteiger partial charge in [-0.05, 0) is 25.1 Å². The molecule has 0 aliphatic carbocycles. The highest BCUT2D eigenvalue weighted by Gasteiger charge is 2.17. The number of nitrogen functional groups attached to an aromatic ring is 1. The van der Waals surface area contributed by atoms with Crippen LogP contribution in [0.15, 0.2) is 18.2 Å². The average Bonchev–Trinajstić information content (AvgIpc) is 2.40. The van der Waals surface area contributed by atoms with E-state index in [0.717, 1.165) is 0 Å². The first-order valence-corrected chi connectivity index (χ1v) is 5.45. The lowest BCUT2D eigenvalue weighted by Crippen LogP contribution is -2.25. The lowest BCUT2D eigenvalue weighted by Gasteiger charge is -2.09. The second-order valence-corrected chi connectivity index (χ2v) is 3.47. The van der Waals surface area contributed by atoms with Crippen molar-refractivity contribution in [1.29, 1.82) is 0 Å². The van der Waals surface area contributed by atoms with Crippen molar-refractivity contribution in [2.45, 2.75) is 6.92 Å². The zero-order valence-corrected chi connectivity index (χ0v) is 10.6. The number of carbonyl (C=O) groups is 3. The quantitative estimate of drug-likeness (QED) is 0.470. The molecule has 0 aliphatic heterocycles. The Hall–Kier alpha value is -2.57. The molecule has 7 nitrogen and oxygen atoms in total. The van der Waals surface area contributed by atoms with E-state index in [4.69, 9.17) is 5.73 Å². The standard InChI is InChI=1S/C12H14N2O5/c1-3-19-12(17)10(15)14-9-6-7(11(16)18-2)4-5-8(9)13/h4-6H,3,13H2,1-2H3,(H,14,15). The molecule has 102 valence electrons. The Morgan fingerprint density at radius 3 is 2.58 bits per heavy atom. The minimum Gasteiger partial charge on any atom is -0.465 e. The van der Waals surface area contributed by atoms with E-state index in [2.05, 4.69) is 14.8 Å². The molecule has 1 amide bonds. The molecule has 19 heavy (non-hydrogen) atoms. The van der Waals surface area contributed by atoms with Crippen LogP contribution >= 0.6 is 0 Å². The third kappa shape index (κ3) is 3.70. The van der Waals surface area contributed by atoms with Crippen LogP contribution in [-0.4, -0.2) is 31.6 Å². The summed E-state index contributed by atoms with van der Waals surface area (Å²) in [6.07, 6.45) is 0. The van der Waals surface area contributed by atoms with Gasteiger partial charge in [0.25, 0.3) is 0 Å². The van der Waals surface area contributed by atoms with Crippen LogP contribution in [0.4, 0.5) is 11.4 Å². The summed E-state index contributed by atoms with van der Waals surface area (Å²) in [5.74, 6) is -2.56. The Balaban J connectivity index is 2.91. The first kappa shape index (κ1) is 14.5. The Morgan fingerprint density at radius 1 is 1.32 bits per heavy atom. The zero-order valence-electron chi connectivity index (χ0n) is 10.6. The highest BCUT2D eigenvalue weighted by molar-refractivity contribution is 6.37. The lowest BCUT2D eigenvalue weighted by atomic mass is 10.1. The predicted molar refractivity (Wildman–Crippen MR) is 67.5 cm³/mol. The van der Waals surface area contributed by atoms with Crippen molar-refractivity contribution in [3.05, 3.63) is 23.8 Å². The SMILES string of the molecule is CCOC(=O)C(=O)Nc1cc(C(=O)OC)ccc1N. The third-order valence-electron chi connectivity index (χ3n) is 2.18. The molecule has 7 heteroatoms. The molecule has 1 aromatic rings. The number of carbonyl (C=O) groups excluding carboxylic acids is 3. The van der Waals surface area contributed by atoms with E-state index in [9.17, 15) is 14.4 Å². The maximum atomic E-state index is 11.4. The molecule has 0 unspecified atom stereocenters. The fourth-order valence-electron chi connectivity index (χ4n) is 1.28. The third-order valence-corrected chi connectivity index (χ3v) is 2.18. The molecule has 1 aromatic carbocycles. The van der Waals surface area contributed by atoms with E-state index in [-0.39, 0.29) is 23.5 Å². The molecule has 1 rings (SSSR count). The number of benzene rings is 1. The number of anilines is 2. The van der Waals surface area contributed by atoms with Gasteiger partial charge < -0.3 is 20.5 Å². The van der Waals surface area contributed by atoms with E-state index in [1.54, 1.807) is 6.92 Å². The summed E-state index contributed by atoms with van der Waals surface area (Å²) in [4.78, 5) is 33.9. The van der Waals surface area contributed by atoms with Crippen LogP contribution in [0.2, 0.25) is 0 Å². The monoisotopic (exact) mass is 266 g/mol. The first-order chi connectivity index (χ1) is 8.99. The number of ether oxygens (including phenoxy) is 2. The summed E-state index contributed by atoms with van der Waals surface area (Å²) < 4.78 is 9.07. The van der Waals surface area contributed by atoms with Gasteiger partial charge in [0.05, 0.1) is 30.7 Å². The van der Waals surface area contributed by atoms with E-state index >= 15 is 0 Å². The maximum Gasteiger partial charge on any atom is 0.397 e. The van der Waals surface area contributed by atoms with Gasteiger partial charge in [-0.15, -0.1) is 0 Å². The Kier molecular flexibility index (Phi) is 4.87. The number of nitrogens with two attached hydrogens (primary N) is 1. The van der Waals surface area contributed by atoms with E-state index in [1.807, 2.05) is 0 Å². The molecule has 0 aromatic heterocycles. The first-order valence-electron chi connectivity index (χ1n) is 5.45. The molecule has 3 N–H and O–H groups in total. The van der Waals surface area contributed by atoms with Crippen molar-refractivity contribution in [1.82, 2.24) is 0 Å². The highest BCUT2D eigenvalue weighted by Crippen LogP contribution is 2.20. The maximum absolute atomic E-state index is 11.4. The van der Waals surface area contributed by atoms with Gasteiger partial charge in [-0.1, -0.05) is 0 Å². The second kappa shape index (κ2) is 6.39. The number of amides is 1. The predicted octanol–water partition coefficient (Wildman–Crippen LogP) is 0.557. The van der Waals surface area contributed by atoms with Gasteiger partial charge in [0.1, 0.15) is 0 Å². The summed E-state index contributed by atoms with van der Waals surface area (Å²) >= 11 is 0. The van der Waals surface area contributed by atoms with Crippen LogP contribution in [0.1, 0.15) is 17.3 Å². The van der Waals surface area contributed by atoms with Crippen LogP contribution in [0.25, 0.3) is 0 Å². The molecule has 0 heterocycles. The summed E-state index contributed by atoms with van der Waals surface area (Å²) in [6.45, 7) is 1.67. The van der Waals surface area contributed by atoms with Crippen molar-refractivity contribution in [2.75, 3.05) is 24.8 Å². The van der Waals surface area contributed by atoms with Gasteiger partial charge in [0.15, 0.2) is 0 Å². The van der Waals surface area contributed by atoms with Crippen molar-refractivity contribution in [3.63, 3.8) is 0 Å². The summed E-state index contributed by atoms with van der Waals surface area (Å²) in [5.41, 5.74) is 6.19. The molecule has 0 spiro atoms. The second-order valence-electron chi connectivity index (χ2n) is 3.47. The van der Waals surface area contributed by atoms with Gasteiger partial charge >= 0.3 is 17.8 Å². The number of esters is 2. The normalized spacial score (nSPS) is 9.58. The Bertz CT molecular complexity index is 513. The zero-order chi connectivity index (χ0) is 14.4. The molecule has 0 bridgehead atoms. The lowest BCUT2D eigenvalue weighted by molar-refractivity contribution is -0.152. The minimum absolute atomic E-state index is 0.0872. The molecule has 0 radical (unpaired) electrons. The average molecular weight is 266 g/mol. The summed E-state index contributed by atoms with van der Waals surface area (Å²) in [6, 6.07) is 4.19. The van der Waals surface area contributed by atoms with Gasteiger partial charge in [-0.25, -0.2) is 9.59 Å². The van der Waals surface area contributed by atoms with E-state index in [1.165, 1.54) is 25.3 Å². The molecular weight excluding hydrogens is 252 g/mol.